The minimum atomic E-state index is 0.210. The maximum absolute atomic E-state index is 5.87. The van der Waals surface area contributed by atoms with Gasteiger partial charge in [0.1, 0.15) is 0 Å². The molecule has 0 saturated carbocycles. The minimum absolute atomic E-state index is 0.210. The van der Waals surface area contributed by atoms with E-state index in [1.165, 1.54) is 11.1 Å². The van der Waals surface area contributed by atoms with E-state index in [1.807, 2.05) is 0 Å². The smallest absolute Gasteiger partial charge is 0.0619 e. The van der Waals surface area contributed by atoms with Gasteiger partial charge in [0.25, 0.3) is 0 Å². The van der Waals surface area contributed by atoms with Gasteiger partial charge in [-0.3, -0.25) is 0 Å². The van der Waals surface area contributed by atoms with Gasteiger partial charge in [0.2, 0.25) is 0 Å². The predicted molar refractivity (Wildman–Crippen MR) is 86.7 cm³/mol. The van der Waals surface area contributed by atoms with Crippen molar-refractivity contribution in [2.24, 2.45) is 5.41 Å². The highest BCUT2D eigenvalue weighted by Gasteiger charge is 2.41. The summed E-state index contributed by atoms with van der Waals surface area (Å²) in [5.74, 6) is 0. The van der Waals surface area contributed by atoms with Crippen LogP contribution in [-0.2, 0) is 22.3 Å². The number of nitrogens with one attached hydrogen (secondary N) is 1. The fourth-order valence-electron chi connectivity index (χ4n) is 3.16. The predicted octanol–water partition coefficient (Wildman–Crippen LogP) is 2.82. The Morgan fingerprint density at radius 3 is 2.57 bits per heavy atom. The second-order valence-electron chi connectivity index (χ2n) is 6.14. The van der Waals surface area contributed by atoms with Crippen LogP contribution in [0.5, 0.6) is 0 Å². The van der Waals surface area contributed by atoms with Crippen molar-refractivity contribution in [1.82, 2.24) is 5.32 Å². The molecule has 1 aliphatic heterocycles. The van der Waals surface area contributed by atoms with Crippen LogP contribution in [0.1, 0.15) is 31.4 Å². The first-order valence-electron chi connectivity index (χ1n) is 8.09. The first-order valence-corrected chi connectivity index (χ1v) is 8.09. The van der Waals surface area contributed by atoms with Gasteiger partial charge in [0.15, 0.2) is 0 Å². The van der Waals surface area contributed by atoms with E-state index in [0.29, 0.717) is 6.10 Å². The Balaban J connectivity index is 2.01. The highest BCUT2D eigenvalue weighted by Crippen LogP contribution is 2.37. The number of methoxy groups -OCH3 is 1. The van der Waals surface area contributed by atoms with Crippen LogP contribution in [-0.4, -0.2) is 39.5 Å². The summed E-state index contributed by atoms with van der Waals surface area (Å²) in [6, 6.07) is 9.06. The molecule has 1 N–H and O–H groups in total. The fourth-order valence-corrected chi connectivity index (χ4v) is 3.16. The summed E-state index contributed by atoms with van der Waals surface area (Å²) in [6.07, 6.45) is 3.61. The lowest BCUT2D eigenvalue weighted by molar-refractivity contribution is 0.0619. The number of aryl methyl sites for hydroxylation is 1. The number of hydrogen-bond acceptors (Lipinski definition) is 3. The molecule has 0 amide bonds. The van der Waals surface area contributed by atoms with Gasteiger partial charge >= 0.3 is 0 Å². The molecule has 2 unspecified atom stereocenters. The average Bonchev–Trinajstić information content (AvgIpc) is 2.86. The molecular weight excluding hydrogens is 262 g/mol. The molecule has 0 aliphatic carbocycles. The average molecular weight is 291 g/mol. The van der Waals surface area contributed by atoms with Crippen molar-refractivity contribution in [3.05, 3.63) is 35.4 Å². The normalized spacial score (nSPS) is 25.4. The zero-order valence-corrected chi connectivity index (χ0v) is 13.7. The summed E-state index contributed by atoms with van der Waals surface area (Å²) in [5.41, 5.74) is 3.03. The van der Waals surface area contributed by atoms with E-state index in [2.05, 4.69) is 43.4 Å². The topological polar surface area (TPSA) is 30.5 Å². The molecule has 0 spiro atoms. The quantitative estimate of drug-likeness (QED) is 0.747. The van der Waals surface area contributed by atoms with E-state index in [1.54, 1.807) is 7.11 Å². The lowest BCUT2D eigenvalue weighted by Gasteiger charge is -2.33. The molecule has 2 atom stereocenters. The van der Waals surface area contributed by atoms with Crippen LogP contribution in [0, 0.1) is 5.41 Å². The van der Waals surface area contributed by atoms with Crippen LogP contribution < -0.4 is 5.32 Å². The van der Waals surface area contributed by atoms with Crippen molar-refractivity contribution >= 4 is 0 Å². The van der Waals surface area contributed by atoms with Crippen molar-refractivity contribution in [1.29, 1.82) is 0 Å². The van der Waals surface area contributed by atoms with Crippen LogP contribution in [0.2, 0.25) is 0 Å². The zero-order chi connectivity index (χ0) is 15.1. The van der Waals surface area contributed by atoms with Gasteiger partial charge in [-0.1, -0.05) is 31.2 Å². The van der Waals surface area contributed by atoms with Crippen LogP contribution in [0.15, 0.2) is 24.3 Å². The molecule has 118 valence electrons. The van der Waals surface area contributed by atoms with Crippen molar-refractivity contribution in [3.63, 3.8) is 0 Å². The second kappa shape index (κ2) is 7.92. The highest BCUT2D eigenvalue weighted by molar-refractivity contribution is 5.24. The maximum atomic E-state index is 5.87. The summed E-state index contributed by atoms with van der Waals surface area (Å²) >= 11 is 0. The first-order chi connectivity index (χ1) is 10.2. The van der Waals surface area contributed by atoms with E-state index in [0.717, 1.165) is 45.6 Å². The minimum Gasteiger partial charge on any atom is -0.383 e. The Kier molecular flexibility index (Phi) is 6.22. The van der Waals surface area contributed by atoms with Crippen LogP contribution in [0.25, 0.3) is 0 Å². The third kappa shape index (κ3) is 4.29. The number of rotatable bonds is 8. The molecule has 3 heteroatoms. The summed E-state index contributed by atoms with van der Waals surface area (Å²) in [5, 5.41) is 3.54. The molecule has 1 heterocycles. The lowest BCUT2D eigenvalue weighted by Crippen LogP contribution is -2.42. The van der Waals surface area contributed by atoms with Gasteiger partial charge in [-0.2, -0.15) is 0 Å². The largest absolute Gasteiger partial charge is 0.383 e. The molecule has 3 nitrogen and oxygen atoms in total. The highest BCUT2D eigenvalue weighted by atomic mass is 16.5. The number of hydrogen-bond donors (Lipinski definition) is 1. The van der Waals surface area contributed by atoms with Gasteiger partial charge in [-0.05, 0) is 37.3 Å². The lowest BCUT2D eigenvalue weighted by atomic mass is 9.76. The molecule has 1 aromatic rings. The molecule has 21 heavy (non-hydrogen) atoms. The van der Waals surface area contributed by atoms with E-state index in [-0.39, 0.29) is 5.41 Å². The van der Waals surface area contributed by atoms with Crippen LogP contribution in [0.4, 0.5) is 0 Å². The van der Waals surface area contributed by atoms with Crippen molar-refractivity contribution in [2.45, 2.75) is 39.2 Å². The summed E-state index contributed by atoms with van der Waals surface area (Å²) in [6.45, 7) is 7.94. The first kappa shape index (κ1) is 16.5. The van der Waals surface area contributed by atoms with Crippen molar-refractivity contribution < 1.29 is 9.47 Å². The zero-order valence-electron chi connectivity index (χ0n) is 13.7. The molecule has 1 aromatic carbocycles. The van der Waals surface area contributed by atoms with E-state index >= 15 is 0 Å². The summed E-state index contributed by atoms with van der Waals surface area (Å²) in [7, 11) is 1.74. The van der Waals surface area contributed by atoms with Gasteiger partial charge in [-0.15, -0.1) is 0 Å². The molecule has 0 aromatic heterocycles. The standard InChI is InChI=1S/C18H29NO2/c1-4-16-5-7-17(8-6-16)13-18(9-11-21-15(18)2)14-19-10-12-20-3/h5-8,15,19H,4,9-14H2,1-3H3. The Hall–Kier alpha value is -0.900. The molecule has 1 saturated heterocycles. The molecule has 0 radical (unpaired) electrons. The Morgan fingerprint density at radius 2 is 2.00 bits per heavy atom. The number of benzene rings is 1. The van der Waals surface area contributed by atoms with Crippen LogP contribution in [0.3, 0.4) is 0 Å². The van der Waals surface area contributed by atoms with Crippen LogP contribution >= 0.6 is 0 Å². The summed E-state index contributed by atoms with van der Waals surface area (Å²) < 4.78 is 11.0. The van der Waals surface area contributed by atoms with Gasteiger partial charge in [-0.25, -0.2) is 0 Å². The Bertz CT molecular complexity index is 418. The SMILES string of the molecule is CCc1ccc(CC2(CNCCOC)CCOC2C)cc1. The molecule has 2 rings (SSSR count). The van der Waals surface area contributed by atoms with Gasteiger partial charge in [0.05, 0.1) is 12.7 Å². The summed E-state index contributed by atoms with van der Waals surface area (Å²) in [4.78, 5) is 0. The maximum Gasteiger partial charge on any atom is 0.0619 e. The van der Waals surface area contributed by atoms with Gasteiger partial charge in [0, 0.05) is 32.2 Å². The third-order valence-corrected chi connectivity index (χ3v) is 4.78. The number of ether oxygens (including phenoxy) is 2. The van der Waals surface area contributed by atoms with Gasteiger partial charge < -0.3 is 14.8 Å². The van der Waals surface area contributed by atoms with E-state index in [9.17, 15) is 0 Å². The Morgan fingerprint density at radius 1 is 1.29 bits per heavy atom. The van der Waals surface area contributed by atoms with E-state index in [4.69, 9.17) is 9.47 Å². The van der Waals surface area contributed by atoms with E-state index < -0.39 is 0 Å². The van der Waals surface area contributed by atoms with Crippen molar-refractivity contribution in [3.8, 4) is 0 Å². The Labute approximate surface area is 129 Å². The monoisotopic (exact) mass is 291 g/mol. The van der Waals surface area contributed by atoms with Crippen molar-refractivity contribution in [2.75, 3.05) is 33.4 Å². The molecule has 0 bridgehead atoms. The fraction of sp³-hybridized carbons (Fsp3) is 0.667. The molecular formula is C18H29NO2. The molecule has 1 aliphatic rings. The molecule has 1 fully saturated rings. The third-order valence-electron chi connectivity index (χ3n) is 4.78. The second-order valence-corrected chi connectivity index (χ2v) is 6.14.